The van der Waals surface area contributed by atoms with E-state index in [1.54, 1.807) is 7.11 Å². The molecule has 6 atom stereocenters. The van der Waals surface area contributed by atoms with Crippen molar-refractivity contribution in [1.29, 1.82) is 0 Å². The summed E-state index contributed by atoms with van der Waals surface area (Å²) in [5.74, 6) is 2.82. The van der Waals surface area contributed by atoms with E-state index in [0.29, 0.717) is 16.2 Å². The minimum absolute atomic E-state index is 0.488. The summed E-state index contributed by atoms with van der Waals surface area (Å²) in [4.78, 5) is 4.99. The number of rotatable bonds is 6. The number of allylic oxidation sites excluding steroid dienone is 2. The first-order chi connectivity index (χ1) is 12.9. The Morgan fingerprint density at radius 2 is 1.85 bits per heavy atom. The van der Waals surface area contributed by atoms with Gasteiger partial charge in [0.05, 0.1) is 7.11 Å². The van der Waals surface area contributed by atoms with Crippen LogP contribution in [-0.4, -0.2) is 13.7 Å². The van der Waals surface area contributed by atoms with Crippen molar-refractivity contribution >= 4 is 0 Å². The first kappa shape index (κ1) is 20.0. The van der Waals surface area contributed by atoms with Crippen molar-refractivity contribution in [3.63, 3.8) is 0 Å². The highest BCUT2D eigenvalue weighted by atomic mass is 16.6. The van der Waals surface area contributed by atoms with Gasteiger partial charge in [0.15, 0.2) is 0 Å². The highest BCUT2D eigenvalue weighted by Gasteiger charge is 2.61. The maximum Gasteiger partial charge on any atom is 0.0572 e. The molecule has 27 heavy (non-hydrogen) atoms. The normalized spacial score (nSPS) is 46.4. The molecule has 4 aliphatic carbocycles. The molecule has 0 aliphatic heterocycles. The summed E-state index contributed by atoms with van der Waals surface area (Å²) >= 11 is 0. The van der Waals surface area contributed by atoms with Crippen LogP contribution in [0.3, 0.4) is 0 Å². The Morgan fingerprint density at radius 3 is 2.67 bits per heavy atom. The van der Waals surface area contributed by atoms with E-state index in [1.807, 2.05) is 5.57 Å². The Balaban J connectivity index is 1.52. The fourth-order valence-electron chi connectivity index (χ4n) is 8.47. The van der Waals surface area contributed by atoms with E-state index in [0.717, 1.165) is 24.3 Å². The fourth-order valence-corrected chi connectivity index (χ4v) is 8.47. The number of hydroxylamine groups is 1. The molecule has 0 spiro atoms. The fraction of sp³-hybridized carbons (Fsp3) is 0.920. The lowest BCUT2D eigenvalue weighted by atomic mass is 9.43. The van der Waals surface area contributed by atoms with Gasteiger partial charge < -0.3 is 4.84 Å². The van der Waals surface area contributed by atoms with Crippen molar-refractivity contribution in [1.82, 2.24) is 5.48 Å². The Labute approximate surface area is 167 Å². The number of nitrogens with one attached hydrogen (secondary N) is 1. The quantitative estimate of drug-likeness (QED) is 0.319. The van der Waals surface area contributed by atoms with Gasteiger partial charge in [-0.25, -0.2) is 5.48 Å². The van der Waals surface area contributed by atoms with Gasteiger partial charge in [-0.2, -0.15) is 0 Å². The first-order valence-electron chi connectivity index (χ1n) is 11.9. The topological polar surface area (TPSA) is 21.3 Å². The van der Waals surface area contributed by atoms with E-state index < -0.39 is 0 Å². The summed E-state index contributed by atoms with van der Waals surface area (Å²) in [5.41, 5.74) is 6.48. The predicted molar refractivity (Wildman–Crippen MR) is 113 cm³/mol. The Morgan fingerprint density at radius 1 is 1.00 bits per heavy atom. The largest absolute Gasteiger partial charge is 0.305 e. The van der Waals surface area contributed by atoms with Crippen LogP contribution in [0.2, 0.25) is 0 Å². The van der Waals surface area contributed by atoms with Gasteiger partial charge in [-0.3, -0.25) is 0 Å². The van der Waals surface area contributed by atoms with E-state index in [4.69, 9.17) is 4.84 Å². The second-order valence-corrected chi connectivity index (χ2v) is 11.1. The molecule has 2 heteroatoms. The number of hydrogen-bond acceptors (Lipinski definition) is 2. The number of unbranched alkanes of at least 4 members (excludes halogenated alkanes) is 1. The maximum absolute atomic E-state index is 4.99. The standard InChI is InChI=1S/C25H43NO/c1-23-15-7-5-9-20(23)13-16-25(3)21-12-11-19(10-6-8-18-26-27-4)24(21,2)17-14-22(23)25/h14,19-21,26H,5-13,15-18H2,1-4H3. The van der Waals surface area contributed by atoms with Gasteiger partial charge in [0, 0.05) is 6.54 Å². The second kappa shape index (κ2) is 7.48. The molecule has 0 radical (unpaired) electrons. The maximum atomic E-state index is 4.99. The van der Waals surface area contributed by atoms with Gasteiger partial charge in [0.1, 0.15) is 0 Å². The second-order valence-electron chi connectivity index (χ2n) is 11.1. The molecular formula is C25H43NO. The molecule has 0 aromatic heterocycles. The van der Waals surface area contributed by atoms with E-state index in [9.17, 15) is 0 Å². The molecular weight excluding hydrogens is 330 g/mol. The van der Waals surface area contributed by atoms with E-state index in [2.05, 4.69) is 32.3 Å². The molecule has 6 unspecified atom stereocenters. The molecule has 0 saturated heterocycles. The zero-order chi connectivity index (χ0) is 19.1. The van der Waals surface area contributed by atoms with Crippen LogP contribution in [0.4, 0.5) is 0 Å². The third kappa shape index (κ3) is 3.14. The minimum Gasteiger partial charge on any atom is -0.305 e. The Hall–Kier alpha value is -0.340. The van der Waals surface area contributed by atoms with Gasteiger partial charge in [-0.1, -0.05) is 51.7 Å². The van der Waals surface area contributed by atoms with Crippen molar-refractivity contribution in [3.05, 3.63) is 11.6 Å². The summed E-state index contributed by atoms with van der Waals surface area (Å²) in [6.45, 7) is 8.99. The molecule has 0 heterocycles. The predicted octanol–water partition coefficient (Wildman–Crippen LogP) is 6.67. The van der Waals surface area contributed by atoms with Crippen LogP contribution in [-0.2, 0) is 4.84 Å². The molecule has 0 aromatic rings. The summed E-state index contributed by atoms with van der Waals surface area (Å²) in [6, 6.07) is 0. The van der Waals surface area contributed by atoms with Crippen LogP contribution < -0.4 is 5.48 Å². The first-order valence-corrected chi connectivity index (χ1v) is 11.9. The van der Waals surface area contributed by atoms with Crippen molar-refractivity contribution in [2.24, 2.45) is 34.0 Å². The van der Waals surface area contributed by atoms with E-state index in [-0.39, 0.29) is 0 Å². The van der Waals surface area contributed by atoms with E-state index in [1.165, 1.54) is 77.0 Å². The molecule has 1 N–H and O–H groups in total. The average Bonchev–Trinajstić information content (AvgIpc) is 2.98. The molecule has 0 bridgehead atoms. The Kier molecular flexibility index (Phi) is 5.53. The van der Waals surface area contributed by atoms with E-state index >= 15 is 0 Å². The highest BCUT2D eigenvalue weighted by molar-refractivity contribution is 5.33. The third-order valence-corrected chi connectivity index (χ3v) is 9.92. The van der Waals surface area contributed by atoms with Crippen LogP contribution in [0.1, 0.15) is 97.8 Å². The number of hydrogen-bond donors (Lipinski definition) is 1. The van der Waals surface area contributed by atoms with Crippen molar-refractivity contribution in [3.8, 4) is 0 Å². The SMILES string of the molecule is CONCCCCC1CCC2C3(C)CCC4CCCCC4(C)C3=CCC12C. The third-order valence-electron chi connectivity index (χ3n) is 9.92. The van der Waals surface area contributed by atoms with Crippen LogP contribution in [0, 0.1) is 34.0 Å². The molecule has 4 rings (SSSR count). The monoisotopic (exact) mass is 373 g/mol. The smallest absolute Gasteiger partial charge is 0.0572 e. The average molecular weight is 374 g/mol. The van der Waals surface area contributed by atoms with Crippen LogP contribution in [0.25, 0.3) is 0 Å². The van der Waals surface area contributed by atoms with Gasteiger partial charge in [0.25, 0.3) is 0 Å². The van der Waals surface area contributed by atoms with Crippen LogP contribution in [0.15, 0.2) is 11.6 Å². The summed E-state index contributed by atoms with van der Waals surface area (Å²) in [5, 5.41) is 0. The van der Waals surface area contributed by atoms with Gasteiger partial charge in [-0.05, 0) is 91.8 Å². The molecule has 4 aliphatic rings. The minimum atomic E-state index is 0.488. The lowest BCUT2D eigenvalue weighted by Crippen LogP contribution is -2.52. The number of fused-ring (bicyclic) bond motifs is 5. The molecule has 0 amide bonds. The van der Waals surface area contributed by atoms with Crippen LogP contribution in [0.5, 0.6) is 0 Å². The summed E-state index contributed by atoms with van der Waals surface area (Å²) in [6.07, 6.45) is 19.9. The van der Waals surface area contributed by atoms with Gasteiger partial charge in [0.2, 0.25) is 0 Å². The van der Waals surface area contributed by atoms with Crippen molar-refractivity contribution < 1.29 is 4.84 Å². The summed E-state index contributed by atoms with van der Waals surface area (Å²) < 4.78 is 0. The molecule has 0 aromatic carbocycles. The Bertz CT molecular complexity index is 571. The lowest BCUT2D eigenvalue weighted by molar-refractivity contribution is -0.0233. The van der Waals surface area contributed by atoms with Crippen molar-refractivity contribution in [2.45, 2.75) is 97.8 Å². The van der Waals surface area contributed by atoms with Crippen LogP contribution >= 0.6 is 0 Å². The zero-order valence-electron chi connectivity index (χ0n) is 18.4. The summed E-state index contributed by atoms with van der Waals surface area (Å²) in [7, 11) is 1.72. The van der Waals surface area contributed by atoms with Gasteiger partial charge in [-0.15, -0.1) is 0 Å². The molecule has 154 valence electrons. The van der Waals surface area contributed by atoms with Crippen molar-refractivity contribution in [2.75, 3.05) is 13.7 Å². The highest BCUT2D eigenvalue weighted by Crippen LogP contribution is 2.70. The van der Waals surface area contributed by atoms with Gasteiger partial charge >= 0.3 is 0 Å². The molecule has 3 saturated carbocycles. The lowest BCUT2D eigenvalue weighted by Gasteiger charge is -2.61. The molecule has 3 fully saturated rings. The zero-order valence-corrected chi connectivity index (χ0v) is 18.4. The molecule has 2 nitrogen and oxygen atoms in total.